The number of hydrogen-bond acceptors (Lipinski definition) is 4. The molecule has 0 radical (unpaired) electrons. The van der Waals surface area contributed by atoms with Crippen molar-refractivity contribution in [1.82, 2.24) is 10.1 Å². The summed E-state index contributed by atoms with van der Waals surface area (Å²) in [7, 11) is 0. The molecule has 1 fully saturated rings. The van der Waals surface area contributed by atoms with Gasteiger partial charge < -0.3 is 14.7 Å². The van der Waals surface area contributed by atoms with Crippen molar-refractivity contribution in [3.63, 3.8) is 0 Å². The van der Waals surface area contributed by atoms with Crippen LogP contribution in [0, 0.1) is 0 Å². The van der Waals surface area contributed by atoms with Crippen LogP contribution in [0.5, 0.6) is 0 Å². The van der Waals surface area contributed by atoms with Gasteiger partial charge in [-0.1, -0.05) is 31.3 Å². The van der Waals surface area contributed by atoms with Crippen molar-refractivity contribution in [3.8, 4) is 0 Å². The Balaban J connectivity index is 1.78. The van der Waals surface area contributed by atoms with Gasteiger partial charge in [-0.25, -0.2) is 0 Å². The molecule has 1 aliphatic carbocycles. The number of hydrogen-bond donors (Lipinski definition) is 1. The fourth-order valence-corrected chi connectivity index (χ4v) is 2.27. The lowest BCUT2D eigenvalue weighted by Gasteiger charge is -2.21. The molecule has 6 nitrogen and oxygen atoms in total. The predicted octanol–water partition coefficient (Wildman–Crippen LogP) is 2.57. The molecule has 0 saturated heterocycles. The van der Waals surface area contributed by atoms with E-state index in [0.29, 0.717) is 12.2 Å². The normalized spacial score (nSPS) is 14.0. The SMILES string of the molecule is CCCCCCC(=O)N(CC(=O)Nc1ccon1)C1CC1. The van der Waals surface area contributed by atoms with Crippen molar-refractivity contribution in [3.05, 3.63) is 12.3 Å². The standard InChI is InChI=1S/C15H23N3O3/c1-2-3-4-5-6-15(20)18(12-7-8-12)11-14(19)16-13-9-10-21-17-13/h9-10,12H,2-8,11H2,1H3,(H,16,17,19). The molecule has 0 bridgehead atoms. The summed E-state index contributed by atoms with van der Waals surface area (Å²) in [5.41, 5.74) is 0. The number of unbranched alkanes of at least 4 members (excludes halogenated alkanes) is 3. The van der Waals surface area contributed by atoms with Crippen molar-refractivity contribution in [2.75, 3.05) is 11.9 Å². The molecule has 1 aromatic heterocycles. The van der Waals surface area contributed by atoms with Gasteiger partial charge in [-0.3, -0.25) is 9.59 Å². The highest BCUT2D eigenvalue weighted by atomic mass is 16.5. The number of anilines is 1. The smallest absolute Gasteiger partial charge is 0.245 e. The molecule has 0 unspecified atom stereocenters. The first-order valence-electron chi connectivity index (χ1n) is 7.70. The van der Waals surface area contributed by atoms with Gasteiger partial charge in [-0.2, -0.15) is 0 Å². The molecule has 0 atom stereocenters. The summed E-state index contributed by atoms with van der Waals surface area (Å²) in [4.78, 5) is 25.9. The van der Waals surface area contributed by atoms with Crippen LogP contribution in [0.1, 0.15) is 51.9 Å². The van der Waals surface area contributed by atoms with Gasteiger partial charge in [0, 0.05) is 18.5 Å². The maximum absolute atomic E-state index is 12.2. The van der Waals surface area contributed by atoms with Gasteiger partial charge in [0.1, 0.15) is 12.8 Å². The number of nitrogens with one attached hydrogen (secondary N) is 1. The largest absolute Gasteiger partial charge is 0.363 e. The summed E-state index contributed by atoms with van der Waals surface area (Å²) in [5.74, 6) is 0.243. The number of rotatable bonds is 9. The van der Waals surface area contributed by atoms with Crippen LogP contribution >= 0.6 is 0 Å². The van der Waals surface area contributed by atoms with Gasteiger partial charge >= 0.3 is 0 Å². The average molecular weight is 293 g/mol. The van der Waals surface area contributed by atoms with E-state index in [9.17, 15) is 9.59 Å². The molecule has 0 aromatic carbocycles. The van der Waals surface area contributed by atoms with Crippen LogP contribution in [0.2, 0.25) is 0 Å². The maximum Gasteiger partial charge on any atom is 0.245 e. The van der Waals surface area contributed by atoms with Gasteiger partial charge in [0.25, 0.3) is 0 Å². The van der Waals surface area contributed by atoms with E-state index in [1.165, 1.54) is 6.26 Å². The average Bonchev–Trinajstić information content (AvgIpc) is 3.18. The zero-order valence-corrected chi connectivity index (χ0v) is 12.5. The summed E-state index contributed by atoms with van der Waals surface area (Å²) in [5, 5.41) is 6.26. The van der Waals surface area contributed by atoms with Gasteiger partial charge in [0.15, 0.2) is 5.82 Å². The second-order valence-corrected chi connectivity index (χ2v) is 5.50. The van der Waals surface area contributed by atoms with Crippen LogP contribution in [0.4, 0.5) is 5.82 Å². The van der Waals surface area contributed by atoms with Crippen LogP contribution in [-0.2, 0) is 9.59 Å². The Kier molecular flexibility index (Phi) is 5.78. The maximum atomic E-state index is 12.2. The fourth-order valence-electron chi connectivity index (χ4n) is 2.27. The van der Waals surface area contributed by atoms with E-state index in [4.69, 9.17) is 0 Å². The fraction of sp³-hybridized carbons (Fsp3) is 0.667. The lowest BCUT2D eigenvalue weighted by atomic mass is 10.1. The lowest BCUT2D eigenvalue weighted by molar-refractivity contribution is -0.135. The van der Waals surface area contributed by atoms with Gasteiger partial charge in [-0.05, 0) is 19.3 Å². The Hall–Kier alpha value is -1.85. The minimum absolute atomic E-state index is 0.0869. The highest BCUT2D eigenvalue weighted by Gasteiger charge is 2.33. The Labute approximate surface area is 124 Å². The Morgan fingerprint density at radius 3 is 2.81 bits per heavy atom. The highest BCUT2D eigenvalue weighted by molar-refractivity contribution is 5.93. The first-order chi connectivity index (χ1) is 10.2. The number of aromatic nitrogens is 1. The van der Waals surface area contributed by atoms with Crippen LogP contribution < -0.4 is 5.32 Å². The Morgan fingerprint density at radius 1 is 1.38 bits per heavy atom. The molecule has 2 rings (SSSR count). The van der Waals surface area contributed by atoms with Crippen LogP contribution in [0.25, 0.3) is 0 Å². The Bertz CT molecular complexity index is 455. The summed E-state index contributed by atoms with van der Waals surface area (Å²) in [6.45, 7) is 2.25. The molecule has 0 aliphatic heterocycles. The lowest BCUT2D eigenvalue weighted by Crippen LogP contribution is -2.39. The Morgan fingerprint density at radius 2 is 2.19 bits per heavy atom. The third kappa shape index (κ3) is 5.21. The van der Waals surface area contributed by atoms with Crippen molar-refractivity contribution in [2.45, 2.75) is 57.9 Å². The zero-order chi connectivity index (χ0) is 15.1. The first kappa shape index (κ1) is 15.5. The summed E-state index contributed by atoms with van der Waals surface area (Å²) >= 11 is 0. The molecule has 1 N–H and O–H groups in total. The molecule has 1 heterocycles. The first-order valence-corrected chi connectivity index (χ1v) is 7.70. The van der Waals surface area contributed by atoms with E-state index in [0.717, 1.165) is 38.5 Å². The molecule has 0 spiro atoms. The van der Waals surface area contributed by atoms with E-state index < -0.39 is 0 Å². The van der Waals surface area contributed by atoms with Crippen molar-refractivity contribution in [2.24, 2.45) is 0 Å². The molecule has 6 heteroatoms. The van der Waals surface area contributed by atoms with E-state index in [2.05, 4.69) is 21.9 Å². The van der Waals surface area contributed by atoms with Crippen LogP contribution in [0.15, 0.2) is 16.9 Å². The molecule has 1 saturated carbocycles. The second kappa shape index (κ2) is 7.81. The molecule has 1 aromatic rings. The van der Waals surface area contributed by atoms with Crippen molar-refractivity contribution >= 4 is 17.6 Å². The number of amides is 2. The second-order valence-electron chi connectivity index (χ2n) is 5.50. The number of nitrogens with zero attached hydrogens (tertiary/aromatic N) is 2. The van der Waals surface area contributed by atoms with Crippen LogP contribution in [-0.4, -0.2) is 34.5 Å². The van der Waals surface area contributed by atoms with Gasteiger partial charge in [0.2, 0.25) is 11.8 Å². The third-order valence-electron chi connectivity index (χ3n) is 3.57. The summed E-state index contributed by atoms with van der Waals surface area (Å²) in [6.07, 6.45) is 8.22. The zero-order valence-electron chi connectivity index (χ0n) is 12.5. The highest BCUT2D eigenvalue weighted by Crippen LogP contribution is 2.27. The number of carbonyl (C=O) groups is 2. The van der Waals surface area contributed by atoms with E-state index in [1.807, 2.05) is 0 Å². The molecule has 1 aliphatic rings. The van der Waals surface area contributed by atoms with E-state index in [-0.39, 0.29) is 24.4 Å². The van der Waals surface area contributed by atoms with Crippen LogP contribution in [0.3, 0.4) is 0 Å². The topological polar surface area (TPSA) is 75.4 Å². The molecular formula is C15H23N3O3. The molecule has 21 heavy (non-hydrogen) atoms. The minimum Gasteiger partial charge on any atom is -0.363 e. The van der Waals surface area contributed by atoms with Gasteiger partial charge in [0.05, 0.1) is 0 Å². The number of carbonyl (C=O) groups excluding carboxylic acids is 2. The summed E-state index contributed by atoms with van der Waals surface area (Å²) in [6, 6.07) is 1.82. The minimum atomic E-state index is -0.224. The molecule has 2 amide bonds. The third-order valence-corrected chi connectivity index (χ3v) is 3.57. The monoisotopic (exact) mass is 293 g/mol. The van der Waals surface area contributed by atoms with E-state index in [1.54, 1.807) is 11.0 Å². The predicted molar refractivity (Wildman–Crippen MR) is 78.6 cm³/mol. The molecule has 116 valence electrons. The van der Waals surface area contributed by atoms with Gasteiger partial charge in [-0.15, -0.1) is 0 Å². The molecular weight excluding hydrogens is 270 g/mol. The summed E-state index contributed by atoms with van der Waals surface area (Å²) < 4.78 is 4.66. The van der Waals surface area contributed by atoms with Crippen molar-refractivity contribution in [1.29, 1.82) is 0 Å². The van der Waals surface area contributed by atoms with E-state index >= 15 is 0 Å². The quantitative estimate of drug-likeness (QED) is 0.710. The van der Waals surface area contributed by atoms with Crippen molar-refractivity contribution < 1.29 is 14.1 Å².